The van der Waals surface area contributed by atoms with Crippen LogP contribution < -0.4 is 10.8 Å². The van der Waals surface area contributed by atoms with E-state index in [2.05, 4.69) is 5.32 Å². The lowest BCUT2D eigenvalue weighted by molar-refractivity contribution is 0.0706. The maximum absolute atomic E-state index is 12.7. The lowest BCUT2D eigenvalue weighted by atomic mass is 10.1. The molecule has 0 unspecified atom stereocenters. The summed E-state index contributed by atoms with van der Waals surface area (Å²) in [7, 11) is -4.03. The Morgan fingerprint density at radius 3 is 2.52 bits per heavy atom. The summed E-state index contributed by atoms with van der Waals surface area (Å²) in [4.78, 5) is 23.4. The van der Waals surface area contributed by atoms with Crippen LogP contribution >= 0.6 is 11.6 Å². The van der Waals surface area contributed by atoms with E-state index in [1.165, 1.54) is 47.9 Å². The molecule has 25 heavy (non-hydrogen) atoms. The van der Waals surface area contributed by atoms with Gasteiger partial charge in [-0.3, -0.25) is 10.0 Å². The molecule has 8 nitrogen and oxygen atoms in total. The molecule has 1 heterocycles. The van der Waals surface area contributed by atoms with Gasteiger partial charge in [0.05, 0.1) is 12.2 Å². The predicted octanol–water partition coefficient (Wildman–Crippen LogP) is 2.20. The number of hydrogen-bond acceptors (Lipinski definition) is 5. The van der Waals surface area contributed by atoms with Gasteiger partial charge in [0.15, 0.2) is 0 Å². The van der Waals surface area contributed by atoms with Gasteiger partial charge in [0.25, 0.3) is 15.9 Å². The van der Waals surface area contributed by atoms with Crippen LogP contribution in [0.15, 0.2) is 47.4 Å². The van der Waals surface area contributed by atoms with Gasteiger partial charge in [-0.2, -0.15) is 0 Å². The third-order valence-corrected chi connectivity index (χ3v) is 5.64. The number of anilines is 1. The van der Waals surface area contributed by atoms with Gasteiger partial charge >= 0.3 is 6.03 Å². The van der Waals surface area contributed by atoms with Crippen LogP contribution in [0.25, 0.3) is 0 Å². The van der Waals surface area contributed by atoms with Gasteiger partial charge in [0.1, 0.15) is 4.90 Å². The van der Waals surface area contributed by atoms with Crippen LogP contribution in [0.2, 0.25) is 5.02 Å². The number of fused-ring (bicyclic) bond motifs is 1. The monoisotopic (exact) mass is 381 g/mol. The molecule has 1 aliphatic rings. The smallest absolute Gasteiger partial charge is 0.306 e. The highest BCUT2D eigenvalue weighted by Gasteiger charge is 2.36. The number of hydroxylamine groups is 1. The number of halogens is 1. The molecule has 0 fully saturated rings. The molecule has 0 saturated carbocycles. The highest BCUT2D eigenvalue weighted by molar-refractivity contribution is 7.90. The first kappa shape index (κ1) is 17.2. The van der Waals surface area contributed by atoms with Crippen molar-refractivity contribution in [3.8, 4) is 0 Å². The van der Waals surface area contributed by atoms with E-state index in [9.17, 15) is 18.0 Å². The molecule has 10 heteroatoms. The summed E-state index contributed by atoms with van der Waals surface area (Å²) in [5, 5.41) is 11.4. The fourth-order valence-electron chi connectivity index (χ4n) is 2.38. The zero-order valence-electron chi connectivity index (χ0n) is 12.6. The Morgan fingerprint density at radius 2 is 1.88 bits per heavy atom. The van der Waals surface area contributed by atoms with Crippen molar-refractivity contribution in [3.63, 3.8) is 0 Å². The SMILES string of the molecule is O=C(NO)c1ccc(CN2C(=O)Nc3cc(Cl)ccc3S2(=O)=O)cc1. The summed E-state index contributed by atoms with van der Waals surface area (Å²) < 4.78 is 26.1. The first-order valence-corrected chi connectivity index (χ1v) is 8.81. The molecule has 1 aliphatic heterocycles. The van der Waals surface area contributed by atoms with E-state index in [-0.39, 0.29) is 22.7 Å². The molecule has 3 rings (SSSR count). The zero-order valence-corrected chi connectivity index (χ0v) is 14.1. The average molecular weight is 382 g/mol. The molecule has 3 amide bonds. The van der Waals surface area contributed by atoms with Crippen LogP contribution in [-0.2, 0) is 16.6 Å². The Labute approximate surface area is 148 Å². The molecule has 0 saturated heterocycles. The Hall–Kier alpha value is -2.62. The van der Waals surface area contributed by atoms with Crippen LogP contribution in [0.5, 0.6) is 0 Å². The first-order chi connectivity index (χ1) is 11.8. The van der Waals surface area contributed by atoms with E-state index in [4.69, 9.17) is 16.8 Å². The molecule has 0 aromatic heterocycles. The average Bonchev–Trinajstić information content (AvgIpc) is 2.58. The Kier molecular flexibility index (Phi) is 4.38. The van der Waals surface area contributed by atoms with E-state index >= 15 is 0 Å². The van der Waals surface area contributed by atoms with Crippen LogP contribution in [0.3, 0.4) is 0 Å². The second kappa shape index (κ2) is 6.36. The first-order valence-electron chi connectivity index (χ1n) is 6.99. The molecule has 0 bridgehead atoms. The predicted molar refractivity (Wildman–Crippen MR) is 88.9 cm³/mol. The van der Waals surface area contributed by atoms with Crippen molar-refractivity contribution < 1.29 is 23.2 Å². The molecule has 2 aromatic rings. The van der Waals surface area contributed by atoms with Gasteiger partial charge in [0.2, 0.25) is 0 Å². The minimum Gasteiger partial charge on any atom is -0.306 e. The van der Waals surface area contributed by atoms with Gasteiger partial charge < -0.3 is 5.32 Å². The highest BCUT2D eigenvalue weighted by Crippen LogP contribution is 2.33. The lowest BCUT2D eigenvalue weighted by Gasteiger charge is -2.28. The summed E-state index contributed by atoms with van der Waals surface area (Å²) in [6.07, 6.45) is 0. The second-order valence-corrected chi connectivity index (χ2v) is 7.49. The number of nitrogens with one attached hydrogen (secondary N) is 2. The molecule has 0 aliphatic carbocycles. The van der Waals surface area contributed by atoms with Gasteiger partial charge in [-0.1, -0.05) is 23.7 Å². The van der Waals surface area contributed by atoms with Crippen LogP contribution in [0.1, 0.15) is 15.9 Å². The van der Waals surface area contributed by atoms with Gasteiger partial charge in [-0.05, 0) is 35.9 Å². The lowest BCUT2D eigenvalue weighted by Crippen LogP contribution is -2.43. The van der Waals surface area contributed by atoms with E-state index in [1.54, 1.807) is 0 Å². The third kappa shape index (κ3) is 3.16. The number of rotatable bonds is 3. The maximum atomic E-state index is 12.7. The number of amides is 3. The maximum Gasteiger partial charge on any atom is 0.336 e. The van der Waals surface area contributed by atoms with Crippen LogP contribution in [0.4, 0.5) is 10.5 Å². The van der Waals surface area contributed by atoms with Crippen molar-refractivity contribution in [1.82, 2.24) is 9.79 Å². The van der Waals surface area contributed by atoms with Crippen molar-refractivity contribution in [2.45, 2.75) is 11.4 Å². The second-order valence-electron chi connectivity index (χ2n) is 5.22. The van der Waals surface area contributed by atoms with E-state index in [1.807, 2.05) is 0 Å². The molecular weight excluding hydrogens is 370 g/mol. The Bertz CT molecular complexity index is 960. The number of sulfonamides is 1. The number of carbonyl (C=O) groups is 2. The standard InChI is InChI=1S/C15H12ClN3O5S/c16-11-5-6-13-12(7-11)17-15(21)19(25(13,23)24)8-9-1-3-10(4-2-9)14(20)18-22/h1-7,22H,8H2,(H,17,21)(H,18,20). The number of nitrogens with zero attached hydrogens (tertiary/aromatic N) is 1. The van der Waals surface area contributed by atoms with E-state index < -0.39 is 22.0 Å². The van der Waals surface area contributed by atoms with Gasteiger partial charge in [-0.25, -0.2) is 23.0 Å². The van der Waals surface area contributed by atoms with Crippen molar-refractivity contribution in [2.24, 2.45) is 0 Å². The van der Waals surface area contributed by atoms with Crippen molar-refractivity contribution in [1.29, 1.82) is 0 Å². The quantitative estimate of drug-likeness (QED) is 0.556. The number of carbonyl (C=O) groups excluding carboxylic acids is 2. The Morgan fingerprint density at radius 1 is 1.20 bits per heavy atom. The van der Waals surface area contributed by atoms with Crippen molar-refractivity contribution in [3.05, 3.63) is 58.6 Å². The third-order valence-electron chi connectivity index (χ3n) is 3.62. The molecular formula is C15H12ClN3O5S. The van der Waals surface area contributed by atoms with Crippen LogP contribution in [-0.4, -0.2) is 29.9 Å². The number of urea groups is 1. The molecule has 0 atom stereocenters. The van der Waals surface area contributed by atoms with Gasteiger partial charge in [-0.15, -0.1) is 0 Å². The molecule has 0 radical (unpaired) electrons. The number of benzene rings is 2. The summed E-state index contributed by atoms with van der Waals surface area (Å²) in [6, 6.07) is 9.12. The minimum atomic E-state index is -4.03. The molecule has 0 spiro atoms. The molecule has 2 aromatic carbocycles. The summed E-state index contributed by atoms with van der Waals surface area (Å²) in [5.41, 5.74) is 2.31. The minimum absolute atomic E-state index is 0.0484. The summed E-state index contributed by atoms with van der Waals surface area (Å²) in [5.74, 6) is -0.694. The Balaban J connectivity index is 1.91. The van der Waals surface area contributed by atoms with E-state index in [0.29, 0.717) is 14.9 Å². The topological polar surface area (TPSA) is 116 Å². The fourth-order valence-corrected chi connectivity index (χ4v) is 4.00. The molecule has 130 valence electrons. The summed E-state index contributed by atoms with van der Waals surface area (Å²) >= 11 is 5.83. The van der Waals surface area contributed by atoms with Crippen molar-refractivity contribution in [2.75, 3.05) is 5.32 Å². The largest absolute Gasteiger partial charge is 0.336 e. The fraction of sp³-hybridized carbons (Fsp3) is 0.0667. The highest BCUT2D eigenvalue weighted by atomic mass is 35.5. The van der Waals surface area contributed by atoms with Crippen molar-refractivity contribution >= 4 is 39.2 Å². The summed E-state index contributed by atoms with van der Waals surface area (Å²) in [6.45, 7) is -0.211. The molecule has 3 N–H and O–H groups in total. The van der Waals surface area contributed by atoms with Gasteiger partial charge in [0, 0.05) is 10.6 Å². The van der Waals surface area contributed by atoms with Crippen LogP contribution in [0, 0.1) is 0 Å². The normalized spacial score (nSPS) is 15.3. The van der Waals surface area contributed by atoms with E-state index in [0.717, 1.165) is 0 Å². The zero-order chi connectivity index (χ0) is 18.2. The number of hydrogen-bond donors (Lipinski definition) is 3.